The lowest BCUT2D eigenvalue weighted by atomic mass is 10.1. The first kappa shape index (κ1) is 21.3. The molecule has 0 aliphatic carbocycles. The van der Waals surface area contributed by atoms with Crippen molar-refractivity contribution in [1.82, 2.24) is 0 Å². The highest BCUT2D eigenvalue weighted by Gasteiger charge is 2.06. The van der Waals surface area contributed by atoms with Gasteiger partial charge in [-0.1, -0.05) is 92.5 Å². The van der Waals surface area contributed by atoms with Crippen molar-refractivity contribution in [3.05, 3.63) is 117 Å². The second kappa shape index (κ2) is 9.49. The van der Waals surface area contributed by atoms with E-state index >= 15 is 0 Å². The molecule has 0 amide bonds. The summed E-state index contributed by atoms with van der Waals surface area (Å²) >= 11 is 8.90. The molecule has 0 atom stereocenters. The maximum atomic E-state index is 4.88. The zero-order chi connectivity index (χ0) is 21.9. The molecule has 0 N–H and O–H groups in total. The smallest absolute Gasteiger partial charge is 0.154 e. The molecule has 156 valence electrons. The summed E-state index contributed by atoms with van der Waals surface area (Å²) in [6, 6.07) is 31.4. The Morgan fingerprint density at radius 1 is 0.750 bits per heavy atom. The third-order valence-electron chi connectivity index (χ3n) is 5.11. The molecule has 0 spiro atoms. The minimum Gasteiger partial charge on any atom is -0.261 e. The summed E-state index contributed by atoms with van der Waals surface area (Å²) in [4.78, 5) is 9.63. The maximum absolute atomic E-state index is 4.88. The largest absolute Gasteiger partial charge is 0.261 e. The third kappa shape index (κ3) is 4.75. The van der Waals surface area contributed by atoms with Crippen LogP contribution in [0.5, 0.6) is 0 Å². The highest BCUT2D eigenvalue weighted by molar-refractivity contribution is 9.11. The van der Waals surface area contributed by atoms with Crippen LogP contribution in [0.3, 0.4) is 0 Å². The van der Waals surface area contributed by atoms with Gasteiger partial charge in [-0.05, 0) is 41.5 Å². The number of thiophene rings is 1. The fourth-order valence-electron chi connectivity index (χ4n) is 3.61. The molecule has 5 aromatic rings. The van der Waals surface area contributed by atoms with Crippen molar-refractivity contribution in [3.8, 4) is 0 Å². The van der Waals surface area contributed by atoms with Crippen molar-refractivity contribution < 1.29 is 0 Å². The topological polar surface area (TPSA) is 24.7 Å². The number of hydrogen-bond donors (Lipinski definition) is 0. The molecule has 0 aliphatic heterocycles. The van der Waals surface area contributed by atoms with Crippen LogP contribution in [0, 0.1) is 0 Å². The number of halogens is 2. The number of nitrogens with zero attached hydrogens (tertiary/aromatic N) is 2. The van der Waals surface area contributed by atoms with Gasteiger partial charge in [0.15, 0.2) is 5.84 Å². The molecule has 0 unspecified atom stereocenters. The number of rotatable bonds is 4. The summed E-state index contributed by atoms with van der Waals surface area (Å²) in [7, 11) is 0. The van der Waals surface area contributed by atoms with E-state index in [4.69, 9.17) is 9.98 Å². The van der Waals surface area contributed by atoms with E-state index in [2.05, 4.69) is 74.3 Å². The van der Waals surface area contributed by atoms with Crippen LogP contribution >= 0.6 is 43.2 Å². The minimum atomic E-state index is 0.577. The number of fused-ring (bicyclic) bond motifs is 3. The minimum absolute atomic E-state index is 0.577. The molecule has 0 saturated heterocycles. The quantitative estimate of drug-likeness (QED) is 0.155. The molecule has 0 radical (unpaired) electrons. The molecule has 0 bridgehead atoms. The van der Waals surface area contributed by atoms with Crippen molar-refractivity contribution in [3.63, 3.8) is 0 Å². The lowest BCUT2D eigenvalue weighted by Gasteiger charge is -2.04. The zero-order valence-electron chi connectivity index (χ0n) is 17.0. The third-order valence-corrected chi connectivity index (χ3v) is 7.16. The van der Waals surface area contributed by atoms with Gasteiger partial charge in [-0.15, -0.1) is 11.3 Å². The van der Waals surface area contributed by atoms with Gasteiger partial charge in [0.25, 0.3) is 0 Å². The molecule has 5 rings (SSSR count). The summed E-state index contributed by atoms with van der Waals surface area (Å²) in [6.07, 6.45) is 1.86. The molecule has 1 aromatic heterocycles. The van der Waals surface area contributed by atoms with E-state index in [1.54, 1.807) is 0 Å². The molecule has 4 aromatic carbocycles. The van der Waals surface area contributed by atoms with Gasteiger partial charge >= 0.3 is 0 Å². The standard InChI is InChI=1S/C27H18Br2N2S/c28-21-12-19(13-22(29)15-21)17-31-27(20-6-2-1-3-7-20)30-16-18-10-11-24-23-8-4-5-9-25(23)32-26(24)14-18/h1-15,17H,16H2/b30-27-,31-17+. The highest BCUT2D eigenvalue weighted by atomic mass is 79.9. The van der Waals surface area contributed by atoms with E-state index in [1.807, 2.05) is 66.1 Å². The SMILES string of the molecule is Brc1cc(Br)cc(/C=N/C(=N\Cc2ccc3c(c2)sc2ccccc23)c2ccccc2)c1. The Kier molecular flexibility index (Phi) is 6.30. The normalized spacial score (nSPS) is 12.2. The first-order chi connectivity index (χ1) is 15.7. The van der Waals surface area contributed by atoms with Gasteiger partial charge in [0, 0.05) is 40.9 Å². The van der Waals surface area contributed by atoms with Crippen LogP contribution in [-0.2, 0) is 6.54 Å². The van der Waals surface area contributed by atoms with E-state index in [0.29, 0.717) is 6.54 Å². The summed E-state index contributed by atoms with van der Waals surface area (Å²) < 4.78 is 4.62. The Bertz CT molecular complexity index is 1450. The van der Waals surface area contributed by atoms with Gasteiger partial charge in [-0.3, -0.25) is 4.99 Å². The van der Waals surface area contributed by atoms with Crippen LogP contribution < -0.4 is 0 Å². The van der Waals surface area contributed by atoms with Crippen molar-refractivity contribution in [2.45, 2.75) is 6.54 Å². The van der Waals surface area contributed by atoms with Crippen molar-refractivity contribution in [1.29, 1.82) is 0 Å². The number of aliphatic imine (C=N–C) groups is 2. The van der Waals surface area contributed by atoms with E-state index in [-0.39, 0.29) is 0 Å². The van der Waals surface area contributed by atoms with Gasteiger partial charge < -0.3 is 0 Å². The van der Waals surface area contributed by atoms with Crippen LogP contribution in [0.4, 0.5) is 0 Å². The van der Waals surface area contributed by atoms with Gasteiger partial charge in [0.1, 0.15) is 0 Å². The van der Waals surface area contributed by atoms with E-state index in [1.165, 1.54) is 25.7 Å². The molecule has 32 heavy (non-hydrogen) atoms. The Morgan fingerprint density at radius 2 is 1.47 bits per heavy atom. The van der Waals surface area contributed by atoms with Crippen molar-refractivity contribution in [2.75, 3.05) is 0 Å². The maximum Gasteiger partial charge on any atom is 0.154 e. The highest BCUT2D eigenvalue weighted by Crippen LogP contribution is 2.34. The second-order valence-electron chi connectivity index (χ2n) is 7.40. The Balaban J connectivity index is 1.48. The second-order valence-corrected chi connectivity index (χ2v) is 10.3. The molecule has 0 fully saturated rings. The number of hydrogen-bond acceptors (Lipinski definition) is 2. The Morgan fingerprint density at radius 3 is 2.28 bits per heavy atom. The predicted molar refractivity (Wildman–Crippen MR) is 145 cm³/mol. The summed E-state index contributed by atoms with van der Waals surface area (Å²) in [5.74, 6) is 0.720. The van der Waals surface area contributed by atoms with E-state index in [9.17, 15) is 0 Å². The fourth-order valence-corrected chi connectivity index (χ4v) is 6.11. The zero-order valence-corrected chi connectivity index (χ0v) is 21.0. The first-order valence-electron chi connectivity index (χ1n) is 10.2. The van der Waals surface area contributed by atoms with Crippen LogP contribution in [0.25, 0.3) is 20.2 Å². The molecular weight excluding hydrogens is 544 g/mol. The number of amidine groups is 1. The lowest BCUT2D eigenvalue weighted by molar-refractivity contribution is 1.07. The summed E-state index contributed by atoms with van der Waals surface area (Å²) in [5.41, 5.74) is 3.18. The monoisotopic (exact) mass is 560 g/mol. The van der Waals surface area contributed by atoms with Gasteiger partial charge in [-0.2, -0.15) is 0 Å². The van der Waals surface area contributed by atoms with Crippen molar-refractivity contribution >= 4 is 75.4 Å². The molecular formula is C27H18Br2N2S. The van der Waals surface area contributed by atoms with Crippen LogP contribution in [-0.4, -0.2) is 12.1 Å². The van der Waals surface area contributed by atoms with Gasteiger partial charge in [0.05, 0.1) is 6.54 Å². The van der Waals surface area contributed by atoms with E-state index < -0.39 is 0 Å². The molecule has 0 saturated carbocycles. The van der Waals surface area contributed by atoms with E-state index in [0.717, 1.165) is 25.9 Å². The average Bonchev–Trinajstić information content (AvgIpc) is 3.17. The average molecular weight is 562 g/mol. The van der Waals surface area contributed by atoms with Crippen molar-refractivity contribution in [2.24, 2.45) is 9.98 Å². The van der Waals surface area contributed by atoms with Crippen LogP contribution in [0.15, 0.2) is 110 Å². The molecule has 1 heterocycles. The summed E-state index contributed by atoms with van der Waals surface area (Å²) in [5, 5.41) is 2.62. The molecule has 0 aliphatic rings. The fraction of sp³-hybridized carbons (Fsp3) is 0.0370. The summed E-state index contributed by atoms with van der Waals surface area (Å²) in [6.45, 7) is 0.577. The first-order valence-corrected chi connectivity index (χ1v) is 12.6. The Labute approximate surface area is 207 Å². The molecule has 5 heteroatoms. The number of benzene rings is 4. The Hall–Kier alpha value is -2.60. The van der Waals surface area contributed by atoms with Gasteiger partial charge in [-0.25, -0.2) is 4.99 Å². The predicted octanol–water partition coefficient (Wildman–Crippen LogP) is 8.65. The van der Waals surface area contributed by atoms with Crippen LogP contribution in [0.2, 0.25) is 0 Å². The van der Waals surface area contributed by atoms with Crippen LogP contribution in [0.1, 0.15) is 16.7 Å². The molecule has 2 nitrogen and oxygen atoms in total. The lowest BCUT2D eigenvalue weighted by Crippen LogP contribution is -1.99. The van der Waals surface area contributed by atoms with Gasteiger partial charge in [0.2, 0.25) is 0 Å².